The first-order valence-electron chi connectivity index (χ1n) is 10.00. The van der Waals surface area contributed by atoms with E-state index in [1.165, 1.54) is 25.6 Å². The van der Waals surface area contributed by atoms with Crippen LogP contribution in [0.15, 0.2) is 47.4 Å². The number of fused-ring (bicyclic) bond motifs is 1. The molecule has 0 fully saturated rings. The third-order valence-corrected chi connectivity index (χ3v) is 7.08. The Hall–Kier alpha value is -3.04. The van der Waals surface area contributed by atoms with Crippen molar-refractivity contribution in [2.45, 2.75) is 23.7 Å². The zero-order chi connectivity index (χ0) is 22.7. The van der Waals surface area contributed by atoms with Gasteiger partial charge >= 0.3 is 0 Å². The Kier molecular flexibility index (Phi) is 6.66. The predicted octanol–water partition coefficient (Wildman–Crippen LogP) is 4.80. The van der Waals surface area contributed by atoms with E-state index in [1.807, 2.05) is 30.5 Å². The second-order valence-electron chi connectivity index (χ2n) is 7.16. The smallest absolute Gasteiger partial charge is 0.257 e. The van der Waals surface area contributed by atoms with E-state index >= 15 is 0 Å². The Morgan fingerprint density at radius 1 is 1.09 bits per heavy atom. The molecule has 4 rings (SSSR count). The predicted molar refractivity (Wildman–Crippen MR) is 128 cm³/mol. The number of hydrogen-bond acceptors (Lipinski definition) is 7. The average Bonchev–Trinajstić information content (AvgIpc) is 3.39. The van der Waals surface area contributed by atoms with Crippen LogP contribution in [-0.2, 0) is 11.2 Å². The fraction of sp³-hybridized carbons (Fsp3) is 0.261. The highest BCUT2D eigenvalue weighted by atomic mass is 32.2. The van der Waals surface area contributed by atoms with E-state index in [9.17, 15) is 9.59 Å². The molecule has 32 heavy (non-hydrogen) atoms. The largest absolute Gasteiger partial charge is 0.497 e. The number of thioether (sulfide) groups is 1. The summed E-state index contributed by atoms with van der Waals surface area (Å²) >= 11 is 3.00. The minimum Gasteiger partial charge on any atom is -0.497 e. The number of aromatic nitrogens is 1. The number of para-hydroxylation sites is 1. The second kappa shape index (κ2) is 9.62. The fourth-order valence-electron chi connectivity index (χ4n) is 3.61. The van der Waals surface area contributed by atoms with Crippen molar-refractivity contribution in [1.29, 1.82) is 0 Å². The van der Waals surface area contributed by atoms with Gasteiger partial charge in [-0.05, 0) is 43.4 Å². The highest BCUT2D eigenvalue weighted by molar-refractivity contribution is 7.98. The third kappa shape index (κ3) is 4.58. The van der Waals surface area contributed by atoms with Gasteiger partial charge in [-0.3, -0.25) is 14.9 Å². The molecule has 1 aliphatic carbocycles. The molecule has 9 heteroatoms. The van der Waals surface area contributed by atoms with Gasteiger partial charge < -0.3 is 14.8 Å². The van der Waals surface area contributed by atoms with E-state index in [0.29, 0.717) is 28.6 Å². The lowest BCUT2D eigenvalue weighted by Crippen LogP contribution is -2.20. The maximum atomic E-state index is 13.0. The number of amides is 2. The molecule has 1 unspecified atom stereocenters. The Labute approximate surface area is 194 Å². The number of ether oxygens (including phenoxy) is 2. The van der Waals surface area contributed by atoms with E-state index < -0.39 is 0 Å². The maximum Gasteiger partial charge on any atom is 0.257 e. The number of anilines is 2. The molecule has 0 bridgehead atoms. The number of benzene rings is 2. The van der Waals surface area contributed by atoms with E-state index in [-0.39, 0.29) is 17.7 Å². The molecule has 2 N–H and O–H groups in total. The summed E-state index contributed by atoms with van der Waals surface area (Å²) < 4.78 is 10.5. The van der Waals surface area contributed by atoms with Gasteiger partial charge in [0.1, 0.15) is 11.5 Å². The molecule has 2 amide bonds. The summed E-state index contributed by atoms with van der Waals surface area (Å²) in [4.78, 5) is 32.4. The summed E-state index contributed by atoms with van der Waals surface area (Å²) in [7, 11) is 3.06. The Balaban J connectivity index is 1.49. The van der Waals surface area contributed by atoms with Gasteiger partial charge in [-0.1, -0.05) is 12.1 Å². The molecule has 3 aromatic rings. The van der Waals surface area contributed by atoms with Crippen LogP contribution in [0.3, 0.4) is 0 Å². The number of carbonyl (C=O) groups excluding carboxylic acids is 2. The summed E-state index contributed by atoms with van der Waals surface area (Å²) in [6.07, 6.45) is 3.45. The topological polar surface area (TPSA) is 89.6 Å². The van der Waals surface area contributed by atoms with Crippen LogP contribution in [0, 0.1) is 0 Å². The molecule has 0 spiro atoms. The van der Waals surface area contributed by atoms with Gasteiger partial charge in [-0.25, -0.2) is 4.98 Å². The van der Waals surface area contributed by atoms with Gasteiger partial charge in [0.15, 0.2) is 5.13 Å². The Bertz CT molecular complexity index is 1140. The van der Waals surface area contributed by atoms with Crippen LogP contribution < -0.4 is 20.1 Å². The van der Waals surface area contributed by atoms with Gasteiger partial charge in [0.2, 0.25) is 5.91 Å². The Morgan fingerprint density at radius 3 is 2.50 bits per heavy atom. The molecule has 0 saturated carbocycles. The number of carbonyl (C=O) groups is 2. The number of aryl methyl sites for hydroxylation is 1. The number of nitrogens with zero attached hydrogens (tertiary/aromatic N) is 1. The average molecular weight is 470 g/mol. The van der Waals surface area contributed by atoms with E-state index in [1.54, 1.807) is 30.0 Å². The highest BCUT2D eigenvalue weighted by Crippen LogP contribution is 2.39. The number of methoxy groups -OCH3 is 2. The molecule has 1 heterocycles. The zero-order valence-corrected chi connectivity index (χ0v) is 19.6. The number of thiazole rings is 1. The van der Waals surface area contributed by atoms with Crippen molar-refractivity contribution in [1.82, 2.24) is 4.98 Å². The Morgan fingerprint density at radius 2 is 1.81 bits per heavy atom. The molecule has 166 valence electrons. The van der Waals surface area contributed by atoms with Gasteiger partial charge in [-0.2, -0.15) is 0 Å². The molecule has 1 aromatic heterocycles. The molecule has 1 atom stereocenters. The van der Waals surface area contributed by atoms with E-state index in [0.717, 1.165) is 27.6 Å². The summed E-state index contributed by atoms with van der Waals surface area (Å²) in [5.41, 5.74) is 1.95. The zero-order valence-electron chi connectivity index (χ0n) is 17.9. The summed E-state index contributed by atoms with van der Waals surface area (Å²) in [5, 5.41) is 6.35. The molecule has 1 aliphatic rings. The highest BCUT2D eigenvalue weighted by Gasteiger charge is 2.33. The number of hydrogen-bond donors (Lipinski definition) is 2. The van der Waals surface area contributed by atoms with Crippen molar-refractivity contribution in [3.63, 3.8) is 0 Å². The van der Waals surface area contributed by atoms with Crippen molar-refractivity contribution in [3.8, 4) is 11.5 Å². The second-order valence-corrected chi connectivity index (χ2v) is 9.10. The van der Waals surface area contributed by atoms with Crippen LogP contribution >= 0.6 is 23.1 Å². The maximum absolute atomic E-state index is 13.0. The number of rotatable bonds is 7. The minimum atomic E-state index is -0.335. The molecule has 0 aliphatic heterocycles. The molecule has 0 radical (unpaired) electrons. The lowest BCUT2D eigenvalue weighted by molar-refractivity contribution is -0.117. The quantitative estimate of drug-likeness (QED) is 0.483. The van der Waals surface area contributed by atoms with Crippen LogP contribution in [0.4, 0.5) is 10.8 Å². The number of nitrogens with one attached hydrogen (secondary N) is 2. The lowest BCUT2D eigenvalue weighted by Gasteiger charge is -2.13. The first kappa shape index (κ1) is 22.2. The first-order valence-corrected chi connectivity index (χ1v) is 12.0. The standard InChI is InChI=1S/C23H23N3O4S2/c1-29-14-10-13(11-15(12-14)30-2)21(27)26-23-25-20-16(8-9-19(20)32-23)22(28)24-17-6-4-5-7-18(17)31-3/h4-7,10-12,16H,8-9H2,1-3H3,(H,24,28)(H,25,26,27). The monoisotopic (exact) mass is 469 g/mol. The van der Waals surface area contributed by atoms with Gasteiger partial charge in [-0.15, -0.1) is 23.1 Å². The van der Waals surface area contributed by atoms with Gasteiger partial charge in [0.25, 0.3) is 5.91 Å². The van der Waals surface area contributed by atoms with Crippen molar-refractivity contribution in [2.24, 2.45) is 0 Å². The van der Waals surface area contributed by atoms with Gasteiger partial charge in [0, 0.05) is 21.4 Å². The van der Waals surface area contributed by atoms with Crippen molar-refractivity contribution < 1.29 is 19.1 Å². The first-order chi connectivity index (χ1) is 15.5. The van der Waals surface area contributed by atoms with Crippen LogP contribution in [0.5, 0.6) is 11.5 Å². The van der Waals surface area contributed by atoms with Crippen LogP contribution in [-0.4, -0.2) is 37.3 Å². The summed E-state index contributed by atoms with van der Waals surface area (Å²) in [6.45, 7) is 0. The molecular weight excluding hydrogens is 446 g/mol. The normalized spacial score (nSPS) is 14.5. The molecule has 0 saturated heterocycles. The van der Waals surface area contributed by atoms with Crippen molar-refractivity contribution in [2.75, 3.05) is 31.1 Å². The van der Waals surface area contributed by atoms with Gasteiger partial charge in [0.05, 0.1) is 31.5 Å². The fourth-order valence-corrected chi connectivity index (χ4v) is 5.20. The van der Waals surface area contributed by atoms with Crippen molar-refractivity contribution in [3.05, 3.63) is 58.6 Å². The molecule has 7 nitrogen and oxygen atoms in total. The summed E-state index contributed by atoms with van der Waals surface area (Å²) in [5.74, 6) is 0.325. The minimum absolute atomic E-state index is 0.0778. The van der Waals surface area contributed by atoms with E-state index in [4.69, 9.17) is 9.47 Å². The molecule has 2 aromatic carbocycles. The summed E-state index contributed by atoms with van der Waals surface area (Å²) in [6, 6.07) is 12.7. The van der Waals surface area contributed by atoms with Crippen molar-refractivity contribution >= 4 is 45.7 Å². The van der Waals surface area contributed by atoms with Crippen LogP contribution in [0.2, 0.25) is 0 Å². The SMILES string of the molecule is COc1cc(OC)cc(C(=O)Nc2nc3c(s2)CCC3C(=O)Nc2ccccc2SC)c1. The van der Waals surface area contributed by atoms with E-state index in [2.05, 4.69) is 15.6 Å². The lowest BCUT2D eigenvalue weighted by atomic mass is 10.1. The molecular formula is C23H23N3O4S2. The third-order valence-electron chi connectivity index (χ3n) is 5.23. The van der Waals surface area contributed by atoms with Crippen LogP contribution in [0.25, 0.3) is 0 Å². The van der Waals surface area contributed by atoms with Crippen LogP contribution in [0.1, 0.15) is 33.3 Å².